The SMILES string of the molecule is C/C(CCc1ccccc1)=N/NC(=O)c1ccc([C@@H]2SCC(=O)N2Cc2ccccc2)cc1. The number of carbonyl (C=O) groups is 2. The lowest BCUT2D eigenvalue weighted by Crippen LogP contribution is -2.27. The Bertz CT molecular complexity index is 1120. The molecule has 3 aromatic rings. The van der Waals surface area contributed by atoms with Crippen LogP contribution in [0.25, 0.3) is 0 Å². The molecule has 0 bridgehead atoms. The summed E-state index contributed by atoms with van der Waals surface area (Å²) < 4.78 is 0. The third kappa shape index (κ3) is 6.11. The van der Waals surface area contributed by atoms with Crippen molar-refractivity contribution in [1.29, 1.82) is 0 Å². The van der Waals surface area contributed by atoms with Crippen LogP contribution in [0.4, 0.5) is 0 Å². The molecular formula is C27H27N3O2S. The first-order chi connectivity index (χ1) is 16.1. The highest BCUT2D eigenvalue weighted by Gasteiger charge is 2.32. The van der Waals surface area contributed by atoms with Crippen LogP contribution in [0, 0.1) is 0 Å². The Labute approximate surface area is 198 Å². The molecule has 0 radical (unpaired) electrons. The molecule has 1 aliphatic heterocycles. The summed E-state index contributed by atoms with van der Waals surface area (Å²) in [4.78, 5) is 26.9. The van der Waals surface area contributed by atoms with E-state index in [1.165, 1.54) is 5.56 Å². The van der Waals surface area contributed by atoms with Gasteiger partial charge in [-0.05, 0) is 48.6 Å². The Balaban J connectivity index is 1.35. The van der Waals surface area contributed by atoms with Gasteiger partial charge in [-0.15, -0.1) is 11.8 Å². The molecule has 3 aromatic carbocycles. The van der Waals surface area contributed by atoms with Gasteiger partial charge >= 0.3 is 0 Å². The fraction of sp³-hybridized carbons (Fsp3) is 0.222. The van der Waals surface area contributed by atoms with Crippen LogP contribution in [0.5, 0.6) is 0 Å². The second kappa shape index (κ2) is 11.0. The van der Waals surface area contributed by atoms with Gasteiger partial charge in [-0.2, -0.15) is 5.10 Å². The second-order valence-electron chi connectivity index (χ2n) is 8.07. The van der Waals surface area contributed by atoms with Crippen LogP contribution in [0.3, 0.4) is 0 Å². The minimum atomic E-state index is -0.239. The van der Waals surface area contributed by atoms with Crippen LogP contribution in [-0.4, -0.2) is 28.2 Å². The highest BCUT2D eigenvalue weighted by atomic mass is 32.2. The van der Waals surface area contributed by atoms with Crippen molar-refractivity contribution in [1.82, 2.24) is 10.3 Å². The topological polar surface area (TPSA) is 61.8 Å². The van der Waals surface area contributed by atoms with E-state index in [9.17, 15) is 9.59 Å². The molecule has 1 N–H and O–H groups in total. The molecule has 1 aliphatic rings. The number of amides is 2. The highest BCUT2D eigenvalue weighted by molar-refractivity contribution is 8.00. The lowest BCUT2D eigenvalue weighted by molar-refractivity contribution is -0.128. The van der Waals surface area contributed by atoms with Gasteiger partial charge in [0.05, 0.1) is 5.75 Å². The van der Waals surface area contributed by atoms with E-state index in [-0.39, 0.29) is 17.2 Å². The van der Waals surface area contributed by atoms with E-state index in [0.29, 0.717) is 17.9 Å². The predicted molar refractivity (Wildman–Crippen MR) is 134 cm³/mol. The van der Waals surface area contributed by atoms with Crippen molar-refractivity contribution in [2.75, 3.05) is 5.75 Å². The van der Waals surface area contributed by atoms with E-state index in [1.54, 1.807) is 23.9 Å². The molecule has 1 fully saturated rings. The van der Waals surface area contributed by atoms with Crippen molar-refractivity contribution in [3.8, 4) is 0 Å². The molecule has 0 spiro atoms. The standard InChI is InChI=1S/C27H27N3O2S/c1-20(12-13-21-8-4-2-5-9-21)28-29-26(32)23-14-16-24(17-15-23)27-30(25(31)19-33-27)18-22-10-6-3-7-11-22/h2-11,14-17,27H,12-13,18-19H2,1H3,(H,29,32)/b28-20-/t27-/m0/s1. The first kappa shape index (κ1) is 22.8. The Morgan fingerprint density at radius 2 is 1.61 bits per heavy atom. The predicted octanol–water partition coefficient (Wildman–Crippen LogP) is 5.20. The zero-order valence-electron chi connectivity index (χ0n) is 18.6. The van der Waals surface area contributed by atoms with E-state index < -0.39 is 0 Å². The number of hydrogen-bond donors (Lipinski definition) is 1. The van der Waals surface area contributed by atoms with E-state index in [0.717, 1.165) is 29.7 Å². The van der Waals surface area contributed by atoms with Gasteiger partial charge < -0.3 is 4.90 Å². The number of nitrogens with one attached hydrogen (secondary N) is 1. The molecule has 4 rings (SSSR count). The Kier molecular flexibility index (Phi) is 7.58. The number of carbonyl (C=O) groups excluding carboxylic acids is 2. The van der Waals surface area contributed by atoms with Crippen molar-refractivity contribution >= 4 is 29.3 Å². The van der Waals surface area contributed by atoms with Gasteiger partial charge in [0.1, 0.15) is 5.37 Å². The monoisotopic (exact) mass is 457 g/mol. The molecule has 0 aliphatic carbocycles. The minimum Gasteiger partial charge on any atom is -0.322 e. The van der Waals surface area contributed by atoms with Crippen molar-refractivity contribution in [2.24, 2.45) is 5.10 Å². The highest BCUT2D eigenvalue weighted by Crippen LogP contribution is 2.39. The maximum Gasteiger partial charge on any atom is 0.271 e. The summed E-state index contributed by atoms with van der Waals surface area (Å²) in [7, 11) is 0. The molecule has 1 atom stereocenters. The summed E-state index contributed by atoms with van der Waals surface area (Å²) in [6, 6.07) is 27.7. The van der Waals surface area contributed by atoms with Crippen LogP contribution < -0.4 is 5.43 Å². The van der Waals surface area contributed by atoms with Gasteiger partial charge in [0, 0.05) is 17.8 Å². The Hall–Kier alpha value is -3.38. The smallest absolute Gasteiger partial charge is 0.271 e. The van der Waals surface area contributed by atoms with Gasteiger partial charge in [-0.1, -0.05) is 72.8 Å². The summed E-state index contributed by atoms with van der Waals surface area (Å²) in [5.74, 6) is 0.365. The Morgan fingerprint density at radius 1 is 0.970 bits per heavy atom. The maximum absolute atomic E-state index is 12.5. The van der Waals surface area contributed by atoms with Gasteiger partial charge in [0.15, 0.2) is 0 Å². The van der Waals surface area contributed by atoms with Crippen molar-refractivity contribution in [2.45, 2.75) is 31.7 Å². The third-order valence-electron chi connectivity index (χ3n) is 5.59. The number of nitrogens with zero attached hydrogens (tertiary/aromatic N) is 2. The van der Waals surface area contributed by atoms with E-state index in [2.05, 4.69) is 22.7 Å². The van der Waals surface area contributed by atoms with E-state index in [4.69, 9.17) is 0 Å². The molecular weight excluding hydrogens is 430 g/mol. The quantitative estimate of drug-likeness (QED) is 0.374. The third-order valence-corrected chi connectivity index (χ3v) is 6.84. The van der Waals surface area contributed by atoms with Crippen LogP contribution in [0.2, 0.25) is 0 Å². The molecule has 0 saturated carbocycles. The molecule has 1 saturated heterocycles. The van der Waals surface area contributed by atoms with Gasteiger partial charge in [-0.3, -0.25) is 9.59 Å². The van der Waals surface area contributed by atoms with Gasteiger partial charge in [0.2, 0.25) is 5.91 Å². The van der Waals surface area contributed by atoms with Crippen LogP contribution in [0.15, 0.2) is 90.0 Å². The summed E-state index contributed by atoms with van der Waals surface area (Å²) in [6.07, 6.45) is 1.67. The van der Waals surface area contributed by atoms with Crippen molar-refractivity contribution in [3.05, 3.63) is 107 Å². The lowest BCUT2D eigenvalue weighted by Gasteiger charge is -2.24. The number of rotatable bonds is 8. The molecule has 33 heavy (non-hydrogen) atoms. The number of benzene rings is 3. The summed E-state index contributed by atoms with van der Waals surface area (Å²) in [6.45, 7) is 2.50. The fourth-order valence-electron chi connectivity index (χ4n) is 3.72. The minimum absolute atomic E-state index is 0.0481. The first-order valence-corrected chi connectivity index (χ1v) is 12.1. The van der Waals surface area contributed by atoms with Gasteiger partial charge in [-0.25, -0.2) is 5.43 Å². The number of hydrazone groups is 1. The zero-order chi connectivity index (χ0) is 23.0. The molecule has 0 aromatic heterocycles. The fourth-order valence-corrected chi connectivity index (χ4v) is 4.90. The molecule has 5 nitrogen and oxygen atoms in total. The van der Waals surface area contributed by atoms with E-state index >= 15 is 0 Å². The second-order valence-corrected chi connectivity index (χ2v) is 9.13. The average molecular weight is 458 g/mol. The molecule has 168 valence electrons. The first-order valence-electron chi connectivity index (χ1n) is 11.0. The maximum atomic E-state index is 12.5. The summed E-state index contributed by atoms with van der Waals surface area (Å²) in [5, 5.41) is 4.20. The Morgan fingerprint density at radius 3 is 2.27 bits per heavy atom. The zero-order valence-corrected chi connectivity index (χ0v) is 19.4. The number of thioether (sulfide) groups is 1. The summed E-state index contributed by atoms with van der Waals surface area (Å²) in [5.41, 5.74) is 7.44. The van der Waals surface area contributed by atoms with Crippen molar-refractivity contribution < 1.29 is 9.59 Å². The van der Waals surface area contributed by atoms with Crippen LogP contribution in [-0.2, 0) is 17.8 Å². The lowest BCUT2D eigenvalue weighted by atomic mass is 10.1. The molecule has 0 unspecified atom stereocenters. The van der Waals surface area contributed by atoms with Crippen LogP contribution >= 0.6 is 11.8 Å². The average Bonchev–Trinajstić information content (AvgIpc) is 3.22. The molecule has 1 heterocycles. The van der Waals surface area contributed by atoms with Crippen LogP contribution in [0.1, 0.15) is 45.8 Å². The van der Waals surface area contributed by atoms with Crippen molar-refractivity contribution in [3.63, 3.8) is 0 Å². The number of hydrogen-bond acceptors (Lipinski definition) is 4. The molecule has 2 amide bonds. The molecule has 6 heteroatoms. The number of aryl methyl sites for hydroxylation is 1. The normalized spacial score (nSPS) is 16.2. The largest absolute Gasteiger partial charge is 0.322 e. The van der Waals surface area contributed by atoms with Gasteiger partial charge in [0.25, 0.3) is 5.91 Å². The summed E-state index contributed by atoms with van der Waals surface area (Å²) >= 11 is 1.62. The van der Waals surface area contributed by atoms with E-state index in [1.807, 2.05) is 72.5 Å².